The Balaban J connectivity index is 2.39. The fourth-order valence-corrected chi connectivity index (χ4v) is 2.18. The second-order valence-corrected chi connectivity index (χ2v) is 5.00. The second-order valence-electron chi connectivity index (χ2n) is 4.15. The minimum Gasteiger partial charge on any atom is -0.475 e. The third-order valence-electron chi connectivity index (χ3n) is 2.72. The lowest BCUT2D eigenvalue weighted by Crippen LogP contribution is -2.08. The lowest BCUT2D eigenvalue weighted by molar-refractivity contribution is -0.138. The number of aliphatic hydroxyl groups excluding tert-OH is 1. The van der Waals surface area contributed by atoms with Crippen molar-refractivity contribution < 1.29 is 32.6 Å². The van der Waals surface area contributed by atoms with Crippen molar-refractivity contribution in [2.75, 3.05) is 0 Å². The number of carboxylic acid groups (broad SMARTS) is 1. The number of furan rings is 1. The lowest BCUT2D eigenvalue weighted by Gasteiger charge is -2.13. The Hall–Kier alpha value is -1.80. The number of halogens is 4. The number of carbonyl (C=O) groups is 1. The van der Waals surface area contributed by atoms with Gasteiger partial charge in [-0.15, -0.1) is 0 Å². The highest BCUT2D eigenvalue weighted by Gasteiger charge is 2.34. The van der Waals surface area contributed by atoms with E-state index in [1.165, 1.54) is 12.1 Å². The highest BCUT2D eigenvalue weighted by Crippen LogP contribution is 2.37. The van der Waals surface area contributed by atoms with Crippen molar-refractivity contribution in [2.45, 2.75) is 12.3 Å². The summed E-state index contributed by atoms with van der Waals surface area (Å²) in [5, 5.41) is 18.7. The SMILES string of the molecule is O=C(O)c1ccc(C(O)c2ccc(Br)c(C(F)(F)F)c2)o1. The number of hydrogen-bond acceptors (Lipinski definition) is 3. The van der Waals surface area contributed by atoms with E-state index < -0.39 is 29.6 Å². The van der Waals surface area contributed by atoms with Crippen LogP contribution in [-0.4, -0.2) is 16.2 Å². The molecule has 1 heterocycles. The molecule has 0 bridgehead atoms. The van der Waals surface area contributed by atoms with Crippen LogP contribution in [0.1, 0.15) is 33.5 Å². The summed E-state index contributed by atoms with van der Waals surface area (Å²) in [6.07, 6.45) is -6.07. The molecule has 0 aliphatic carbocycles. The first-order valence-corrected chi connectivity index (χ1v) is 6.37. The average Bonchev–Trinajstić information content (AvgIpc) is 2.86. The first-order chi connectivity index (χ1) is 9.70. The highest BCUT2D eigenvalue weighted by molar-refractivity contribution is 9.10. The van der Waals surface area contributed by atoms with Crippen LogP contribution in [0.5, 0.6) is 0 Å². The van der Waals surface area contributed by atoms with Gasteiger partial charge in [-0.2, -0.15) is 13.2 Å². The quantitative estimate of drug-likeness (QED) is 0.867. The monoisotopic (exact) mass is 364 g/mol. The molecule has 0 fully saturated rings. The molecular formula is C13H8BrF3O4. The minimum atomic E-state index is -4.58. The third-order valence-corrected chi connectivity index (χ3v) is 3.41. The van der Waals surface area contributed by atoms with Crippen molar-refractivity contribution in [1.29, 1.82) is 0 Å². The van der Waals surface area contributed by atoms with Gasteiger partial charge in [0.2, 0.25) is 5.76 Å². The third kappa shape index (κ3) is 3.27. The maximum atomic E-state index is 12.8. The van der Waals surface area contributed by atoms with Crippen molar-refractivity contribution in [2.24, 2.45) is 0 Å². The first kappa shape index (κ1) is 15.6. The zero-order valence-electron chi connectivity index (χ0n) is 10.2. The summed E-state index contributed by atoms with van der Waals surface area (Å²) in [6, 6.07) is 5.53. The predicted molar refractivity (Wildman–Crippen MR) is 68.9 cm³/mol. The number of aliphatic hydroxyl groups is 1. The standard InChI is InChI=1S/C13H8BrF3O4/c14-8-2-1-6(5-7(8)13(15,16)17)11(18)9-3-4-10(21-9)12(19)20/h1-5,11,18H,(H,19,20). The average molecular weight is 365 g/mol. The number of benzene rings is 1. The van der Waals surface area contributed by atoms with Gasteiger partial charge in [-0.3, -0.25) is 0 Å². The molecule has 2 N–H and O–H groups in total. The van der Waals surface area contributed by atoms with Crippen LogP contribution in [0.4, 0.5) is 13.2 Å². The molecule has 2 aromatic rings. The zero-order valence-corrected chi connectivity index (χ0v) is 11.8. The van der Waals surface area contributed by atoms with Gasteiger partial charge in [-0.05, 0) is 29.8 Å². The Kier molecular flexibility index (Phi) is 4.11. The van der Waals surface area contributed by atoms with E-state index in [9.17, 15) is 23.1 Å². The van der Waals surface area contributed by atoms with E-state index in [4.69, 9.17) is 9.52 Å². The Morgan fingerprint density at radius 1 is 1.24 bits per heavy atom. The fourth-order valence-electron chi connectivity index (χ4n) is 1.71. The normalized spacial score (nSPS) is 13.2. The van der Waals surface area contributed by atoms with Gasteiger partial charge in [0.25, 0.3) is 0 Å². The molecule has 1 atom stereocenters. The minimum absolute atomic E-state index is 0.0585. The number of rotatable bonds is 3. The van der Waals surface area contributed by atoms with E-state index >= 15 is 0 Å². The molecule has 1 aromatic carbocycles. The number of alkyl halides is 3. The van der Waals surface area contributed by atoms with Crippen LogP contribution in [0.2, 0.25) is 0 Å². The Morgan fingerprint density at radius 2 is 1.90 bits per heavy atom. The van der Waals surface area contributed by atoms with Crippen molar-refractivity contribution in [1.82, 2.24) is 0 Å². The van der Waals surface area contributed by atoms with Gasteiger partial charge in [0.15, 0.2) is 0 Å². The van der Waals surface area contributed by atoms with Crippen molar-refractivity contribution >= 4 is 21.9 Å². The molecule has 0 aliphatic heterocycles. The molecule has 8 heteroatoms. The summed E-state index contributed by atoms with van der Waals surface area (Å²) in [5.74, 6) is -1.89. The smallest absolute Gasteiger partial charge is 0.417 e. The highest BCUT2D eigenvalue weighted by atomic mass is 79.9. The largest absolute Gasteiger partial charge is 0.475 e. The molecule has 0 saturated heterocycles. The van der Waals surface area contributed by atoms with Crippen molar-refractivity contribution in [3.63, 3.8) is 0 Å². The summed E-state index contributed by atoms with van der Waals surface area (Å²) in [4.78, 5) is 10.7. The summed E-state index contributed by atoms with van der Waals surface area (Å²) >= 11 is 2.79. The van der Waals surface area contributed by atoms with E-state index in [0.717, 1.165) is 18.2 Å². The lowest BCUT2D eigenvalue weighted by atomic mass is 10.0. The maximum absolute atomic E-state index is 12.8. The Labute approximate surface area is 124 Å². The Bertz CT molecular complexity index is 678. The summed E-state index contributed by atoms with van der Waals surface area (Å²) < 4.78 is 43.1. The van der Waals surface area contributed by atoms with E-state index in [-0.39, 0.29) is 15.8 Å². The van der Waals surface area contributed by atoms with Crippen LogP contribution in [0.3, 0.4) is 0 Å². The van der Waals surface area contributed by atoms with Gasteiger partial charge in [-0.25, -0.2) is 4.79 Å². The molecule has 0 saturated carbocycles. The van der Waals surface area contributed by atoms with Crippen molar-refractivity contribution in [3.05, 3.63) is 57.5 Å². The van der Waals surface area contributed by atoms with Crippen LogP contribution >= 0.6 is 15.9 Å². The maximum Gasteiger partial charge on any atom is 0.417 e. The van der Waals surface area contributed by atoms with Crippen LogP contribution in [0, 0.1) is 0 Å². The molecule has 0 radical (unpaired) electrons. The summed E-state index contributed by atoms with van der Waals surface area (Å²) in [5.41, 5.74) is -0.999. The molecule has 1 aromatic heterocycles. The Morgan fingerprint density at radius 3 is 2.43 bits per heavy atom. The molecule has 0 aliphatic rings. The van der Waals surface area contributed by atoms with Gasteiger partial charge in [0, 0.05) is 4.47 Å². The summed E-state index contributed by atoms with van der Waals surface area (Å²) in [6.45, 7) is 0. The molecule has 112 valence electrons. The van der Waals surface area contributed by atoms with Crippen LogP contribution in [0.15, 0.2) is 39.2 Å². The van der Waals surface area contributed by atoms with Gasteiger partial charge in [0.05, 0.1) is 5.56 Å². The van der Waals surface area contributed by atoms with E-state index in [1.807, 2.05) is 0 Å². The first-order valence-electron chi connectivity index (χ1n) is 5.58. The van der Waals surface area contributed by atoms with E-state index in [2.05, 4.69) is 15.9 Å². The molecule has 1 unspecified atom stereocenters. The molecule has 0 spiro atoms. The molecule has 21 heavy (non-hydrogen) atoms. The van der Waals surface area contributed by atoms with Crippen LogP contribution in [0.25, 0.3) is 0 Å². The number of hydrogen-bond donors (Lipinski definition) is 2. The van der Waals surface area contributed by atoms with Gasteiger partial charge in [-0.1, -0.05) is 22.0 Å². The van der Waals surface area contributed by atoms with Gasteiger partial charge in [0.1, 0.15) is 11.9 Å². The number of carboxylic acids is 1. The van der Waals surface area contributed by atoms with E-state index in [1.54, 1.807) is 0 Å². The second kappa shape index (κ2) is 5.53. The van der Waals surface area contributed by atoms with Gasteiger partial charge >= 0.3 is 12.1 Å². The van der Waals surface area contributed by atoms with Gasteiger partial charge < -0.3 is 14.6 Å². The molecule has 0 amide bonds. The fraction of sp³-hybridized carbons (Fsp3) is 0.154. The zero-order chi connectivity index (χ0) is 15.8. The predicted octanol–water partition coefficient (Wildman–Crippen LogP) is 3.84. The van der Waals surface area contributed by atoms with Crippen LogP contribution in [-0.2, 0) is 6.18 Å². The molecule has 2 rings (SSSR count). The van der Waals surface area contributed by atoms with Crippen LogP contribution < -0.4 is 0 Å². The number of aromatic carboxylic acids is 1. The molecule has 4 nitrogen and oxygen atoms in total. The molecular weight excluding hydrogens is 357 g/mol. The van der Waals surface area contributed by atoms with Crippen molar-refractivity contribution in [3.8, 4) is 0 Å². The topological polar surface area (TPSA) is 70.7 Å². The summed E-state index contributed by atoms with van der Waals surface area (Å²) in [7, 11) is 0. The van der Waals surface area contributed by atoms with E-state index in [0.29, 0.717) is 0 Å².